The summed E-state index contributed by atoms with van der Waals surface area (Å²) in [7, 11) is 0. The van der Waals surface area contributed by atoms with E-state index in [4.69, 9.17) is 5.11 Å². The van der Waals surface area contributed by atoms with Crippen LogP contribution in [0.5, 0.6) is 0 Å². The first-order chi connectivity index (χ1) is 6.66. The zero-order chi connectivity index (χ0) is 10.6. The van der Waals surface area contributed by atoms with Crippen LogP contribution in [0.2, 0.25) is 0 Å². The van der Waals surface area contributed by atoms with Crippen molar-refractivity contribution in [1.29, 1.82) is 0 Å². The average molecular weight is 200 g/mol. The van der Waals surface area contributed by atoms with Crippen molar-refractivity contribution in [3.05, 3.63) is 0 Å². The Balaban J connectivity index is 2.62. The second kappa shape index (κ2) is 4.95. The molecule has 1 unspecified atom stereocenters. The number of nitrogens with one attached hydrogen (secondary N) is 1. The summed E-state index contributed by atoms with van der Waals surface area (Å²) in [4.78, 5) is 23.8. The van der Waals surface area contributed by atoms with E-state index in [0.29, 0.717) is 26.1 Å². The maximum absolute atomic E-state index is 11.5. The summed E-state index contributed by atoms with van der Waals surface area (Å²) in [6.45, 7) is 3.44. The van der Waals surface area contributed by atoms with Gasteiger partial charge in [0.2, 0.25) is 5.91 Å². The average Bonchev–Trinajstić information content (AvgIpc) is 2.18. The van der Waals surface area contributed by atoms with Gasteiger partial charge in [0.25, 0.3) is 0 Å². The van der Waals surface area contributed by atoms with E-state index >= 15 is 0 Å². The van der Waals surface area contributed by atoms with Crippen LogP contribution in [-0.2, 0) is 9.59 Å². The fourth-order valence-electron chi connectivity index (χ4n) is 1.58. The Morgan fingerprint density at radius 2 is 2.29 bits per heavy atom. The van der Waals surface area contributed by atoms with Crippen LogP contribution in [0.4, 0.5) is 0 Å². The Hall–Kier alpha value is -1.10. The van der Waals surface area contributed by atoms with Crippen molar-refractivity contribution >= 4 is 11.9 Å². The highest BCUT2D eigenvalue weighted by Crippen LogP contribution is 2.07. The number of hydrogen-bond acceptors (Lipinski definition) is 3. The van der Waals surface area contributed by atoms with E-state index in [2.05, 4.69) is 5.32 Å². The molecule has 0 aliphatic carbocycles. The lowest BCUT2D eigenvalue weighted by atomic mass is 10.1. The Labute approximate surface area is 83.1 Å². The van der Waals surface area contributed by atoms with Gasteiger partial charge in [-0.3, -0.25) is 4.79 Å². The molecule has 0 aromatic heterocycles. The summed E-state index contributed by atoms with van der Waals surface area (Å²) in [6.07, 6.45) is 1.19. The predicted molar refractivity (Wildman–Crippen MR) is 50.9 cm³/mol. The molecule has 0 bridgehead atoms. The zero-order valence-electron chi connectivity index (χ0n) is 8.32. The van der Waals surface area contributed by atoms with Crippen molar-refractivity contribution in [2.24, 2.45) is 0 Å². The summed E-state index contributed by atoms with van der Waals surface area (Å²) < 4.78 is 0. The van der Waals surface area contributed by atoms with Crippen LogP contribution in [0.1, 0.15) is 19.8 Å². The number of nitrogens with zero attached hydrogens (tertiary/aromatic N) is 1. The summed E-state index contributed by atoms with van der Waals surface area (Å²) in [5, 5.41) is 11.9. The number of piperazine rings is 1. The van der Waals surface area contributed by atoms with Gasteiger partial charge in [0, 0.05) is 26.1 Å². The van der Waals surface area contributed by atoms with E-state index in [-0.39, 0.29) is 5.91 Å². The van der Waals surface area contributed by atoms with Gasteiger partial charge in [-0.2, -0.15) is 0 Å². The van der Waals surface area contributed by atoms with Crippen LogP contribution in [0.3, 0.4) is 0 Å². The Kier molecular flexibility index (Phi) is 3.88. The van der Waals surface area contributed by atoms with Crippen LogP contribution in [0, 0.1) is 0 Å². The monoisotopic (exact) mass is 200 g/mol. The molecule has 1 saturated heterocycles. The molecular formula is C9H16N2O3. The number of carboxylic acid groups (broad SMARTS) is 1. The Morgan fingerprint density at radius 1 is 1.57 bits per heavy atom. The minimum atomic E-state index is -0.929. The van der Waals surface area contributed by atoms with Crippen LogP contribution in [0.15, 0.2) is 0 Å². The zero-order valence-corrected chi connectivity index (χ0v) is 8.32. The fourth-order valence-corrected chi connectivity index (χ4v) is 1.58. The van der Waals surface area contributed by atoms with Gasteiger partial charge in [0.1, 0.15) is 6.04 Å². The lowest BCUT2D eigenvalue weighted by Gasteiger charge is -2.33. The van der Waals surface area contributed by atoms with Crippen LogP contribution >= 0.6 is 0 Å². The first kappa shape index (κ1) is 11.0. The molecule has 0 spiro atoms. The van der Waals surface area contributed by atoms with Gasteiger partial charge >= 0.3 is 5.97 Å². The van der Waals surface area contributed by atoms with Gasteiger partial charge in [0.15, 0.2) is 0 Å². The van der Waals surface area contributed by atoms with Crippen LogP contribution in [0.25, 0.3) is 0 Å². The van der Waals surface area contributed by atoms with Crippen molar-refractivity contribution in [2.75, 3.05) is 19.6 Å². The lowest BCUT2D eigenvalue weighted by Crippen LogP contribution is -2.56. The van der Waals surface area contributed by atoms with Gasteiger partial charge in [-0.1, -0.05) is 6.92 Å². The highest BCUT2D eigenvalue weighted by atomic mass is 16.4. The molecular weight excluding hydrogens is 184 g/mol. The van der Waals surface area contributed by atoms with E-state index in [1.807, 2.05) is 6.92 Å². The van der Waals surface area contributed by atoms with Gasteiger partial charge in [0.05, 0.1) is 0 Å². The third-order valence-corrected chi connectivity index (χ3v) is 2.31. The third-order valence-electron chi connectivity index (χ3n) is 2.31. The van der Waals surface area contributed by atoms with Gasteiger partial charge in [-0.15, -0.1) is 0 Å². The second-order valence-corrected chi connectivity index (χ2v) is 3.40. The molecule has 1 aliphatic rings. The van der Waals surface area contributed by atoms with E-state index < -0.39 is 12.0 Å². The molecule has 1 aliphatic heterocycles. The van der Waals surface area contributed by atoms with Crippen LogP contribution in [-0.4, -0.2) is 47.6 Å². The summed E-state index contributed by atoms with van der Waals surface area (Å²) >= 11 is 0. The van der Waals surface area contributed by atoms with Crippen LogP contribution < -0.4 is 5.32 Å². The number of hydrogen-bond donors (Lipinski definition) is 2. The fraction of sp³-hybridized carbons (Fsp3) is 0.778. The normalized spacial score (nSPS) is 22.1. The number of aliphatic carboxylic acids is 1. The molecule has 14 heavy (non-hydrogen) atoms. The van der Waals surface area contributed by atoms with E-state index in [1.165, 1.54) is 4.90 Å². The summed E-state index contributed by atoms with van der Waals surface area (Å²) in [6, 6.07) is -0.692. The second-order valence-electron chi connectivity index (χ2n) is 3.40. The van der Waals surface area contributed by atoms with Gasteiger partial charge in [-0.25, -0.2) is 4.79 Å². The number of rotatable bonds is 3. The third kappa shape index (κ3) is 2.45. The minimum Gasteiger partial charge on any atom is -0.480 e. The molecule has 5 heteroatoms. The Morgan fingerprint density at radius 3 is 2.86 bits per heavy atom. The number of amides is 1. The molecule has 1 fully saturated rings. The number of carboxylic acids is 1. The molecule has 2 N–H and O–H groups in total. The maximum atomic E-state index is 11.5. The molecule has 5 nitrogen and oxygen atoms in total. The molecule has 1 amide bonds. The van der Waals surface area contributed by atoms with Crippen molar-refractivity contribution < 1.29 is 14.7 Å². The SMILES string of the molecule is CCCC(=O)N1CCNCC1C(=O)O. The quantitative estimate of drug-likeness (QED) is 0.654. The van der Waals surface area contributed by atoms with Crippen molar-refractivity contribution in [1.82, 2.24) is 10.2 Å². The standard InChI is InChI=1S/C9H16N2O3/c1-2-3-8(12)11-5-4-10-6-7(11)9(13)14/h7,10H,2-6H2,1H3,(H,13,14). The molecule has 1 heterocycles. The summed E-state index contributed by atoms with van der Waals surface area (Å²) in [5.41, 5.74) is 0. The first-order valence-corrected chi connectivity index (χ1v) is 4.89. The van der Waals surface area contributed by atoms with E-state index in [0.717, 1.165) is 6.42 Å². The molecule has 0 saturated carbocycles. The summed E-state index contributed by atoms with van der Waals surface area (Å²) in [5.74, 6) is -0.983. The minimum absolute atomic E-state index is 0.0543. The van der Waals surface area contributed by atoms with E-state index in [9.17, 15) is 9.59 Å². The highest BCUT2D eigenvalue weighted by molar-refractivity contribution is 5.84. The topological polar surface area (TPSA) is 69.6 Å². The van der Waals surface area contributed by atoms with E-state index in [1.54, 1.807) is 0 Å². The molecule has 0 radical (unpaired) electrons. The van der Waals surface area contributed by atoms with Crippen molar-refractivity contribution in [2.45, 2.75) is 25.8 Å². The first-order valence-electron chi connectivity index (χ1n) is 4.89. The van der Waals surface area contributed by atoms with Gasteiger partial charge in [-0.05, 0) is 6.42 Å². The van der Waals surface area contributed by atoms with Crippen molar-refractivity contribution in [3.8, 4) is 0 Å². The lowest BCUT2D eigenvalue weighted by molar-refractivity contribution is -0.151. The smallest absolute Gasteiger partial charge is 0.327 e. The number of carbonyl (C=O) groups is 2. The van der Waals surface area contributed by atoms with Gasteiger partial charge < -0.3 is 15.3 Å². The molecule has 1 rings (SSSR count). The van der Waals surface area contributed by atoms with Crippen molar-refractivity contribution in [3.63, 3.8) is 0 Å². The molecule has 1 atom stereocenters. The molecule has 0 aromatic rings. The predicted octanol–water partition coefficient (Wildman–Crippen LogP) is -0.328. The Bertz CT molecular complexity index is 230. The maximum Gasteiger partial charge on any atom is 0.327 e. The largest absolute Gasteiger partial charge is 0.480 e. The molecule has 80 valence electrons. The molecule has 0 aromatic carbocycles. The highest BCUT2D eigenvalue weighted by Gasteiger charge is 2.30. The number of carbonyl (C=O) groups excluding carboxylic acids is 1.